The highest BCUT2D eigenvalue weighted by atomic mass is 15.1. The molecule has 0 aliphatic heterocycles. The number of aryl methyl sites for hydroxylation is 2. The Hall–Kier alpha value is -5.86. The molecule has 0 saturated heterocycles. The molecule has 0 aliphatic carbocycles. The maximum atomic E-state index is 2.31. The normalized spacial score (nSPS) is 10.8. The van der Waals surface area contributed by atoms with Crippen LogP contribution in [0.25, 0.3) is 22.3 Å². The van der Waals surface area contributed by atoms with Gasteiger partial charge in [0.2, 0.25) is 0 Å². The highest BCUT2D eigenvalue weighted by Crippen LogP contribution is 2.38. The minimum Gasteiger partial charge on any atom is -0.311 e. The van der Waals surface area contributed by atoms with Crippen molar-refractivity contribution in [2.75, 3.05) is 9.80 Å². The lowest BCUT2D eigenvalue weighted by molar-refractivity contribution is 1.27. The molecule has 0 unspecified atom stereocenters. The van der Waals surface area contributed by atoms with Crippen molar-refractivity contribution in [1.29, 1.82) is 0 Å². The van der Waals surface area contributed by atoms with Crippen LogP contribution in [0, 0.1) is 13.8 Å². The molecule has 7 aromatic carbocycles. The van der Waals surface area contributed by atoms with Crippen LogP contribution in [0.1, 0.15) is 11.1 Å². The molecule has 7 rings (SSSR count). The van der Waals surface area contributed by atoms with E-state index < -0.39 is 0 Å². The van der Waals surface area contributed by atoms with Crippen LogP contribution in [0.2, 0.25) is 0 Å². The van der Waals surface area contributed by atoms with Crippen molar-refractivity contribution in [2.45, 2.75) is 13.8 Å². The van der Waals surface area contributed by atoms with E-state index in [-0.39, 0.29) is 0 Å². The first-order chi connectivity index (χ1) is 22.6. The monoisotopic (exact) mass is 592 g/mol. The van der Waals surface area contributed by atoms with Gasteiger partial charge in [-0.05, 0) is 109 Å². The van der Waals surface area contributed by atoms with Crippen LogP contribution in [0.4, 0.5) is 34.1 Å². The third kappa shape index (κ3) is 6.20. The maximum Gasteiger partial charge on any atom is 0.0462 e. The quantitative estimate of drug-likeness (QED) is 0.173. The van der Waals surface area contributed by atoms with E-state index in [1.165, 1.54) is 33.4 Å². The van der Waals surface area contributed by atoms with Crippen LogP contribution in [0.15, 0.2) is 182 Å². The van der Waals surface area contributed by atoms with Gasteiger partial charge in [-0.25, -0.2) is 0 Å². The number of benzene rings is 7. The Bertz CT molecular complexity index is 1950. The molecule has 0 amide bonds. The number of hydrogen-bond acceptors (Lipinski definition) is 2. The number of anilines is 6. The van der Waals surface area contributed by atoms with Gasteiger partial charge in [-0.15, -0.1) is 0 Å². The van der Waals surface area contributed by atoms with E-state index in [9.17, 15) is 0 Å². The van der Waals surface area contributed by atoms with Gasteiger partial charge < -0.3 is 9.80 Å². The molecule has 0 spiro atoms. The molecule has 0 atom stereocenters. The molecule has 222 valence electrons. The van der Waals surface area contributed by atoms with Gasteiger partial charge in [0.15, 0.2) is 0 Å². The average Bonchev–Trinajstić information content (AvgIpc) is 3.12. The zero-order valence-corrected chi connectivity index (χ0v) is 26.2. The summed E-state index contributed by atoms with van der Waals surface area (Å²) in [7, 11) is 0. The van der Waals surface area contributed by atoms with Gasteiger partial charge in [-0.2, -0.15) is 0 Å². The summed E-state index contributed by atoms with van der Waals surface area (Å²) in [6, 6.07) is 65.1. The number of nitrogens with zero attached hydrogens (tertiary/aromatic N) is 2. The summed E-state index contributed by atoms with van der Waals surface area (Å²) in [5.74, 6) is 0. The Labute approximate surface area is 272 Å². The maximum absolute atomic E-state index is 2.31. The minimum atomic E-state index is 1.11. The summed E-state index contributed by atoms with van der Waals surface area (Å²) < 4.78 is 0. The van der Waals surface area contributed by atoms with Gasteiger partial charge in [0.25, 0.3) is 0 Å². The molecule has 0 N–H and O–H groups in total. The van der Waals surface area contributed by atoms with Gasteiger partial charge in [0, 0.05) is 34.1 Å². The zero-order valence-electron chi connectivity index (χ0n) is 26.2. The lowest BCUT2D eigenvalue weighted by Gasteiger charge is -2.26. The van der Waals surface area contributed by atoms with E-state index in [0.29, 0.717) is 0 Å². The third-order valence-corrected chi connectivity index (χ3v) is 8.42. The fourth-order valence-electron chi connectivity index (χ4n) is 5.90. The number of hydrogen-bond donors (Lipinski definition) is 0. The molecule has 0 bridgehead atoms. The van der Waals surface area contributed by atoms with Crippen LogP contribution in [0.3, 0.4) is 0 Å². The van der Waals surface area contributed by atoms with Crippen molar-refractivity contribution in [3.05, 3.63) is 193 Å². The van der Waals surface area contributed by atoms with Gasteiger partial charge in [-0.3, -0.25) is 0 Å². The van der Waals surface area contributed by atoms with Crippen molar-refractivity contribution in [2.24, 2.45) is 0 Å². The Kier molecular flexibility index (Phi) is 8.17. The minimum absolute atomic E-state index is 1.11. The van der Waals surface area contributed by atoms with Gasteiger partial charge in [-0.1, -0.05) is 120 Å². The Balaban J connectivity index is 1.18. The molecule has 7 aromatic rings. The van der Waals surface area contributed by atoms with Crippen molar-refractivity contribution in [1.82, 2.24) is 0 Å². The molecular weight excluding hydrogens is 556 g/mol. The van der Waals surface area contributed by atoms with E-state index in [1.807, 2.05) is 0 Å². The average molecular weight is 593 g/mol. The number of rotatable bonds is 8. The molecule has 0 radical (unpaired) electrons. The van der Waals surface area contributed by atoms with Crippen molar-refractivity contribution < 1.29 is 0 Å². The molecule has 0 heterocycles. The smallest absolute Gasteiger partial charge is 0.0462 e. The van der Waals surface area contributed by atoms with Crippen molar-refractivity contribution in [3.8, 4) is 22.3 Å². The molecule has 0 fully saturated rings. The van der Waals surface area contributed by atoms with Crippen LogP contribution in [-0.2, 0) is 0 Å². The lowest BCUT2D eigenvalue weighted by Crippen LogP contribution is -2.10. The topological polar surface area (TPSA) is 6.48 Å². The largest absolute Gasteiger partial charge is 0.311 e. The molecule has 0 aromatic heterocycles. The molecule has 0 aliphatic rings. The molecule has 2 heteroatoms. The van der Waals surface area contributed by atoms with E-state index in [4.69, 9.17) is 0 Å². The van der Waals surface area contributed by atoms with Crippen LogP contribution in [0.5, 0.6) is 0 Å². The fourth-order valence-corrected chi connectivity index (χ4v) is 5.90. The predicted octanol–water partition coefficient (Wildman–Crippen LogP) is 12.6. The second-order valence-corrected chi connectivity index (χ2v) is 11.7. The van der Waals surface area contributed by atoms with E-state index >= 15 is 0 Å². The molecule has 0 saturated carbocycles. The number of para-hydroxylation sites is 1. The summed E-state index contributed by atoms with van der Waals surface area (Å²) in [5.41, 5.74) is 14.1. The fraction of sp³-hybridized carbons (Fsp3) is 0.0455. The van der Waals surface area contributed by atoms with Gasteiger partial charge >= 0.3 is 0 Å². The van der Waals surface area contributed by atoms with E-state index in [1.54, 1.807) is 0 Å². The highest BCUT2D eigenvalue weighted by molar-refractivity contribution is 5.81. The first kappa shape index (κ1) is 28.9. The summed E-state index contributed by atoms with van der Waals surface area (Å²) in [6.45, 7) is 4.25. The second kappa shape index (κ2) is 13.0. The summed E-state index contributed by atoms with van der Waals surface area (Å²) in [4.78, 5) is 4.62. The Morgan fingerprint density at radius 2 is 0.478 bits per heavy atom. The van der Waals surface area contributed by atoms with Crippen LogP contribution >= 0.6 is 0 Å². The summed E-state index contributed by atoms with van der Waals surface area (Å²) in [6.07, 6.45) is 0. The highest BCUT2D eigenvalue weighted by Gasteiger charge is 2.15. The van der Waals surface area contributed by atoms with E-state index in [0.717, 1.165) is 34.1 Å². The first-order valence-corrected chi connectivity index (χ1v) is 15.8. The predicted molar refractivity (Wildman–Crippen MR) is 196 cm³/mol. The Morgan fingerprint density at radius 3 is 0.804 bits per heavy atom. The van der Waals surface area contributed by atoms with Gasteiger partial charge in [0.1, 0.15) is 0 Å². The summed E-state index contributed by atoms with van der Waals surface area (Å²) >= 11 is 0. The molecular formula is C44H36N2. The lowest BCUT2D eigenvalue weighted by atomic mass is 10.0. The van der Waals surface area contributed by atoms with Crippen LogP contribution < -0.4 is 9.80 Å². The third-order valence-electron chi connectivity index (χ3n) is 8.42. The standard InChI is InChI=1S/C44H36N2/c1-33-13-23-40(24-14-33)46(41-25-15-34(2)16-26-41)44-31-21-38(22-32-44)37-19-29-43(30-20-37)45(39-11-7-4-8-12-39)42-27-17-36(18-28-42)35-9-5-3-6-10-35/h3-32H,1-2H3. The second-order valence-electron chi connectivity index (χ2n) is 11.7. The zero-order chi connectivity index (χ0) is 31.3. The van der Waals surface area contributed by atoms with Gasteiger partial charge in [0.05, 0.1) is 0 Å². The molecule has 46 heavy (non-hydrogen) atoms. The van der Waals surface area contributed by atoms with E-state index in [2.05, 4.69) is 206 Å². The SMILES string of the molecule is Cc1ccc(N(c2ccc(C)cc2)c2ccc(-c3ccc(N(c4ccccc4)c4ccc(-c5ccccc5)cc4)cc3)cc2)cc1. The molecule has 2 nitrogen and oxygen atoms in total. The Morgan fingerprint density at radius 1 is 0.239 bits per heavy atom. The van der Waals surface area contributed by atoms with Crippen molar-refractivity contribution >= 4 is 34.1 Å². The van der Waals surface area contributed by atoms with Crippen molar-refractivity contribution in [3.63, 3.8) is 0 Å². The van der Waals surface area contributed by atoms with Crippen LogP contribution in [-0.4, -0.2) is 0 Å². The summed E-state index contributed by atoms with van der Waals surface area (Å²) in [5, 5.41) is 0. The first-order valence-electron chi connectivity index (χ1n) is 15.8.